The minimum Gasteiger partial charge on any atom is -0.367 e. The van der Waals surface area contributed by atoms with Crippen LogP contribution in [0.5, 0.6) is 0 Å². The largest absolute Gasteiger partial charge is 0.367 e. The molecule has 3 heterocycles. The molecule has 0 bridgehead atoms. The summed E-state index contributed by atoms with van der Waals surface area (Å²) in [4.78, 5) is 27.7. The van der Waals surface area contributed by atoms with Crippen molar-refractivity contribution in [3.8, 4) is 0 Å². The standard InChI is InChI=1S/C16H17N5O2/c1-2-11-7-13(18-12-3-4-12)21-15(19-11)10(8-17-21)5-9-6-14(22)20-16(9)23/h5,7-8,12,18H,2-4,6H2,1H3,(H,20,22,23)/b9-5+. The van der Waals surface area contributed by atoms with Crippen molar-refractivity contribution in [3.05, 3.63) is 29.1 Å². The molecule has 1 aliphatic carbocycles. The first kappa shape index (κ1) is 13.9. The van der Waals surface area contributed by atoms with E-state index in [4.69, 9.17) is 0 Å². The molecular weight excluding hydrogens is 294 g/mol. The van der Waals surface area contributed by atoms with Crippen LogP contribution < -0.4 is 10.6 Å². The summed E-state index contributed by atoms with van der Waals surface area (Å²) >= 11 is 0. The maximum Gasteiger partial charge on any atom is 0.254 e. The number of carbonyl (C=O) groups is 2. The van der Waals surface area contributed by atoms with Gasteiger partial charge >= 0.3 is 0 Å². The van der Waals surface area contributed by atoms with E-state index >= 15 is 0 Å². The number of aryl methyl sites for hydroxylation is 1. The number of hydrogen-bond donors (Lipinski definition) is 2. The Balaban J connectivity index is 1.80. The van der Waals surface area contributed by atoms with Crippen LogP contribution >= 0.6 is 0 Å². The van der Waals surface area contributed by atoms with Crippen LogP contribution in [0.3, 0.4) is 0 Å². The Bertz CT molecular complexity index is 848. The van der Waals surface area contributed by atoms with Crippen molar-refractivity contribution in [1.82, 2.24) is 19.9 Å². The van der Waals surface area contributed by atoms with Gasteiger partial charge in [0, 0.05) is 28.9 Å². The molecule has 0 unspecified atom stereocenters. The van der Waals surface area contributed by atoms with Crippen molar-refractivity contribution in [1.29, 1.82) is 0 Å². The minimum absolute atomic E-state index is 0.108. The number of aromatic nitrogens is 3. The van der Waals surface area contributed by atoms with E-state index in [1.807, 2.05) is 6.07 Å². The van der Waals surface area contributed by atoms with Gasteiger partial charge in [-0.05, 0) is 25.3 Å². The van der Waals surface area contributed by atoms with Crippen molar-refractivity contribution in [3.63, 3.8) is 0 Å². The first-order chi connectivity index (χ1) is 11.1. The number of rotatable bonds is 4. The number of nitrogens with one attached hydrogen (secondary N) is 2. The highest BCUT2D eigenvalue weighted by molar-refractivity contribution is 6.15. The molecule has 7 nitrogen and oxygen atoms in total. The molecule has 0 atom stereocenters. The lowest BCUT2D eigenvalue weighted by atomic mass is 10.1. The van der Waals surface area contributed by atoms with Crippen LogP contribution in [-0.4, -0.2) is 32.5 Å². The van der Waals surface area contributed by atoms with E-state index in [0.717, 1.165) is 23.5 Å². The van der Waals surface area contributed by atoms with E-state index in [1.54, 1.807) is 16.8 Å². The Hall–Kier alpha value is -2.70. The highest BCUT2D eigenvalue weighted by Gasteiger charge is 2.25. The minimum atomic E-state index is -0.336. The summed E-state index contributed by atoms with van der Waals surface area (Å²) in [5.41, 5.74) is 2.86. The van der Waals surface area contributed by atoms with E-state index in [2.05, 4.69) is 27.6 Å². The third-order valence-corrected chi connectivity index (χ3v) is 4.07. The fraction of sp³-hybridized carbons (Fsp3) is 0.375. The van der Waals surface area contributed by atoms with Crippen LogP contribution in [0.15, 0.2) is 17.8 Å². The zero-order valence-corrected chi connectivity index (χ0v) is 12.8. The molecule has 2 amide bonds. The predicted molar refractivity (Wildman–Crippen MR) is 84.8 cm³/mol. The molecule has 1 aliphatic heterocycles. The molecule has 1 saturated carbocycles. The molecule has 0 aromatic carbocycles. The molecule has 0 spiro atoms. The molecule has 4 rings (SSSR count). The monoisotopic (exact) mass is 311 g/mol. The van der Waals surface area contributed by atoms with Crippen LogP contribution in [0.2, 0.25) is 0 Å². The molecule has 0 radical (unpaired) electrons. The van der Waals surface area contributed by atoms with Crippen molar-refractivity contribution >= 4 is 29.4 Å². The fourth-order valence-corrected chi connectivity index (χ4v) is 2.66. The highest BCUT2D eigenvalue weighted by Crippen LogP contribution is 2.26. The molecule has 2 aromatic rings. The van der Waals surface area contributed by atoms with Crippen LogP contribution in [0.1, 0.15) is 37.4 Å². The zero-order chi connectivity index (χ0) is 16.0. The van der Waals surface area contributed by atoms with Gasteiger partial charge in [-0.2, -0.15) is 9.61 Å². The molecule has 2 aromatic heterocycles. The lowest BCUT2D eigenvalue weighted by Crippen LogP contribution is -2.19. The fourth-order valence-electron chi connectivity index (χ4n) is 2.66. The Labute approximate surface area is 132 Å². The topological polar surface area (TPSA) is 88.4 Å². The van der Waals surface area contributed by atoms with Gasteiger partial charge in [0.25, 0.3) is 5.91 Å². The number of anilines is 1. The number of hydrogen-bond acceptors (Lipinski definition) is 5. The predicted octanol–water partition coefficient (Wildman–Crippen LogP) is 1.30. The van der Waals surface area contributed by atoms with Gasteiger partial charge in [0.2, 0.25) is 5.91 Å². The average molecular weight is 311 g/mol. The normalized spacial score (nSPS) is 19.6. The van der Waals surface area contributed by atoms with Gasteiger partial charge in [-0.25, -0.2) is 4.98 Å². The third kappa shape index (κ3) is 2.58. The highest BCUT2D eigenvalue weighted by atomic mass is 16.2. The summed E-state index contributed by atoms with van der Waals surface area (Å²) in [6.45, 7) is 2.05. The molecule has 1 saturated heterocycles. The lowest BCUT2D eigenvalue weighted by Gasteiger charge is -2.09. The van der Waals surface area contributed by atoms with E-state index in [-0.39, 0.29) is 18.2 Å². The summed E-state index contributed by atoms with van der Waals surface area (Å²) in [5.74, 6) is 0.319. The van der Waals surface area contributed by atoms with E-state index < -0.39 is 0 Å². The van der Waals surface area contributed by atoms with Crippen molar-refractivity contribution in [2.75, 3.05) is 5.32 Å². The van der Waals surface area contributed by atoms with Gasteiger partial charge < -0.3 is 5.32 Å². The van der Waals surface area contributed by atoms with Crippen molar-refractivity contribution in [2.24, 2.45) is 0 Å². The summed E-state index contributed by atoms with van der Waals surface area (Å²) in [6.07, 6.45) is 6.66. The maximum atomic E-state index is 11.7. The van der Waals surface area contributed by atoms with E-state index in [1.165, 1.54) is 12.8 Å². The second kappa shape index (κ2) is 5.19. The van der Waals surface area contributed by atoms with Crippen LogP contribution in [0.25, 0.3) is 11.7 Å². The number of amides is 2. The second-order valence-corrected chi connectivity index (χ2v) is 5.96. The summed E-state index contributed by atoms with van der Waals surface area (Å²) in [6, 6.07) is 2.52. The summed E-state index contributed by atoms with van der Waals surface area (Å²) in [5, 5.41) is 10.1. The lowest BCUT2D eigenvalue weighted by molar-refractivity contribution is -0.124. The zero-order valence-electron chi connectivity index (χ0n) is 12.8. The van der Waals surface area contributed by atoms with Gasteiger partial charge in [0.1, 0.15) is 5.82 Å². The maximum absolute atomic E-state index is 11.7. The van der Waals surface area contributed by atoms with Crippen LogP contribution in [-0.2, 0) is 16.0 Å². The molecule has 7 heteroatoms. The number of fused-ring (bicyclic) bond motifs is 1. The Morgan fingerprint density at radius 1 is 1.43 bits per heavy atom. The quantitative estimate of drug-likeness (QED) is 0.656. The average Bonchev–Trinajstić information content (AvgIpc) is 3.16. The third-order valence-electron chi connectivity index (χ3n) is 4.07. The molecule has 2 fully saturated rings. The SMILES string of the molecule is CCc1cc(NC2CC2)n2ncc(/C=C3\CC(=O)NC3=O)c2n1. The van der Waals surface area contributed by atoms with Gasteiger partial charge in [0.05, 0.1) is 12.6 Å². The molecule has 2 N–H and O–H groups in total. The van der Waals surface area contributed by atoms with Gasteiger partial charge in [-0.15, -0.1) is 0 Å². The first-order valence-electron chi connectivity index (χ1n) is 7.83. The van der Waals surface area contributed by atoms with Gasteiger partial charge in [0.15, 0.2) is 5.65 Å². The van der Waals surface area contributed by atoms with Crippen LogP contribution in [0, 0.1) is 0 Å². The van der Waals surface area contributed by atoms with E-state index in [9.17, 15) is 9.59 Å². The van der Waals surface area contributed by atoms with Crippen molar-refractivity contribution in [2.45, 2.75) is 38.6 Å². The molecular formula is C16H17N5O2. The smallest absolute Gasteiger partial charge is 0.254 e. The van der Waals surface area contributed by atoms with Crippen LogP contribution in [0.4, 0.5) is 5.82 Å². The van der Waals surface area contributed by atoms with Gasteiger partial charge in [-0.3, -0.25) is 14.9 Å². The number of carbonyl (C=O) groups excluding carboxylic acids is 2. The van der Waals surface area contributed by atoms with E-state index in [0.29, 0.717) is 17.3 Å². The molecule has 118 valence electrons. The Kier molecular flexibility index (Phi) is 3.14. The second-order valence-electron chi connectivity index (χ2n) is 5.96. The van der Waals surface area contributed by atoms with Crippen molar-refractivity contribution < 1.29 is 9.59 Å². The number of imide groups is 1. The van der Waals surface area contributed by atoms with Gasteiger partial charge in [-0.1, -0.05) is 6.92 Å². The summed E-state index contributed by atoms with van der Waals surface area (Å²) in [7, 11) is 0. The molecule has 2 aliphatic rings. The number of nitrogens with zero attached hydrogens (tertiary/aromatic N) is 3. The molecule has 23 heavy (non-hydrogen) atoms. The first-order valence-corrected chi connectivity index (χ1v) is 7.83. The summed E-state index contributed by atoms with van der Waals surface area (Å²) < 4.78 is 1.76. The Morgan fingerprint density at radius 3 is 2.91 bits per heavy atom. The Morgan fingerprint density at radius 2 is 2.26 bits per heavy atom.